The summed E-state index contributed by atoms with van der Waals surface area (Å²) in [7, 11) is 0. The minimum absolute atomic E-state index is 0.00231. The molecular formula is C7H9O. The van der Waals surface area contributed by atoms with Crippen LogP contribution in [0.2, 0.25) is 0 Å². The molecule has 0 unspecified atom stereocenters. The van der Waals surface area contributed by atoms with Crippen LogP contribution in [-0.4, -0.2) is 5.78 Å². The lowest BCUT2D eigenvalue weighted by Gasteiger charge is -1.88. The fourth-order valence-corrected chi connectivity index (χ4v) is 0.924. The normalized spacial score (nSPS) is 18.4. The van der Waals surface area contributed by atoms with Crippen LogP contribution < -0.4 is 0 Å². The van der Waals surface area contributed by atoms with Crippen molar-refractivity contribution in [1.82, 2.24) is 0 Å². The number of hydrogen-bond acceptors (Lipinski definition) is 1. The van der Waals surface area contributed by atoms with Gasteiger partial charge in [0, 0.05) is 6.92 Å². The van der Waals surface area contributed by atoms with E-state index in [4.69, 9.17) is 0 Å². The molecule has 0 aromatic carbocycles. The summed E-state index contributed by atoms with van der Waals surface area (Å²) in [5.41, 5.74) is 0.921. The Morgan fingerprint density at radius 2 is 2.50 bits per heavy atom. The second-order valence-electron chi connectivity index (χ2n) is 2.04. The minimum Gasteiger partial charge on any atom is -0.295 e. The Bertz CT molecular complexity index is 133. The molecule has 0 amide bonds. The zero-order valence-electron chi connectivity index (χ0n) is 4.81. The molecule has 0 aromatic heterocycles. The molecule has 0 spiro atoms. The SMILES string of the molecule is [CH2]C(=O)C1=CCCC1. The number of allylic oxidation sites excluding steroid dienone is 2. The standard InChI is InChI=1S/C7H9O/c1-6(8)7-4-2-3-5-7/h4H,1-3,5H2. The summed E-state index contributed by atoms with van der Waals surface area (Å²) in [6.07, 6.45) is 5.13. The number of rotatable bonds is 1. The van der Waals surface area contributed by atoms with Gasteiger partial charge in [0.2, 0.25) is 0 Å². The van der Waals surface area contributed by atoms with Gasteiger partial charge >= 0.3 is 0 Å². The van der Waals surface area contributed by atoms with Crippen LogP contribution in [0.5, 0.6) is 0 Å². The van der Waals surface area contributed by atoms with E-state index in [1.807, 2.05) is 6.08 Å². The fourth-order valence-electron chi connectivity index (χ4n) is 0.924. The lowest BCUT2D eigenvalue weighted by atomic mass is 10.2. The highest BCUT2D eigenvalue weighted by atomic mass is 16.1. The van der Waals surface area contributed by atoms with Crippen LogP contribution in [0.1, 0.15) is 19.3 Å². The van der Waals surface area contributed by atoms with Crippen molar-refractivity contribution in [3.05, 3.63) is 18.6 Å². The first-order valence-corrected chi connectivity index (χ1v) is 2.86. The lowest BCUT2D eigenvalue weighted by molar-refractivity contribution is -0.111. The van der Waals surface area contributed by atoms with Gasteiger partial charge in [-0.1, -0.05) is 6.08 Å². The summed E-state index contributed by atoms with van der Waals surface area (Å²) in [5, 5.41) is 0. The minimum atomic E-state index is 0.00231. The number of carbonyl (C=O) groups excluding carboxylic acids is 1. The predicted molar refractivity (Wildman–Crippen MR) is 32.3 cm³/mol. The van der Waals surface area contributed by atoms with Crippen LogP contribution in [0.25, 0.3) is 0 Å². The molecule has 0 atom stereocenters. The number of carbonyl (C=O) groups is 1. The first-order valence-electron chi connectivity index (χ1n) is 2.86. The maximum absolute atomic E-state index is 10.5. The van der Waals surface area contributed by atoms with Gasteiger partial charge in [-0.15, -0.1) is 0 Å². The van der Waals surface area contributed by atoms with E-state index in [0.717, 1.165) is 24.8 Å². The summed E-state index contributed by atoms with van der Waals surface area (Å²) in [6.45, 7) is 3.31. The zero-order valence-corrected chi connectivity index (χ0v) is 4.81. The molecular weight excluding hydrogens is 100 g/mol. The van der Waals surface area contributed by atoms with E-state index < -0.39 is 0 Å². The Morgan fingerprint density at radius 3 is 2.75 bits per heavy atom. The van der Waals surface area contributed by atoms with Crippen LogP contribution in [-0.2, 0) is 4.79 Å². The number of hydrogen-bond donors (Lipinski definition) is 0. The summed E-state index contributed by atoms with van der Waals surface area (Å²) in [5.74, 6) is 0.00231. The van der Waals surface area contributed by atoms with Crippen LogP contribution in [0, 0.1) is 6.92 Å². The third kappa shape index (κ3) is 0.971. The lowest BCUT2D eigenvalue weighted by Crippen LogP contribution is -1.91. The van der Waals surface area contributed by atoms with Crippen molar-refractivity contribution in [2.45, 2.75) is 19.3 Å². The van der Waals surface area contributed by atoms with Gasteiger partial charge < -0.3 is 0 Å². The molecule has 1 radical (unpaired) electrons. The van der Waals surface area contributed by atoms with E-state index in [2.05, 4.69) is 6.92 Å². The Balaban J connectivity index is 2.57. The van der Waals surface area contributed by atoms with Gasteiger partial charge in [0.15, 0.2) is 5.78 Å². The van der Waals surface area contributed by atoms with Crippen molar-refractivity contribution in [1.29, 1.82) is 0 Å². The molecule has 1 aliphatic carbocycles. The second kappa shape index (κ2) is 2.12. The molecule has 0 fully saturated rings. The van der Waals surface area contributed by atoms with E-state index in [-0.39, 0.29) is 5.78 Å². The van der Waals surface area contributed by atoms with Crippen LogP contribution in [0.3, 0.4) is 0 Å². The Labute approximate surface area is 49.4 Å². The highest BCUT2D eigenvalue weighted by Crippen LogP contribution is 2.17. The Kier molecular flexibility index (Phi) is 1.47. The molecule has 1 rings (SSSR count). The molecule has 1 nitrogen and oxygen atoms in total. The first kappa shape index (κ1) is 5.54. The van der Waals surface area contributed by atoms with E-state index in [1.54, 1.807) is 0 Å². The van der Waals surface area contributed by atoms with Crippen molar-refractivity contribution in [2.75, 3.05) is 0 Å². The van der Waals surface area contributed by atoms with E-state index >= 15 is 0 Å². The summed E-state index contributed by atoms with van der Waals surface area (Å²) >= 11 is 0. The molecule has 1 aliphatic rings. The maximum Gasteiger partial charge on any atom is 0.158 e. The highest BCUT2D eigenvalue weighted by molar-refractivity contribution is 5.98. The summed E-state index contributed by atoms with van der Waals surface area (Å²) in [4.78, 5) is 10.5. The molecule has 8 heavy (non-hydrogen) atoms. The highest BCUT2D eigenvalue weighted by Gasteiger charge is 2.07. The Hall–Kier alpha value is -0.590. The van der Waals surface area contributed by atoms with Crippen molar-refractivity contribution in [2.24, 2.45) is 0 Å². The van der Waals surface area contributed by atoms with Gasteiger partial charge in [0.25, 0.3) is 0 Å². The summed E-state index contributed by atoms with van der Waals surface area (Å²) in [6, 6.07) is 0. The van der Waals surface area contributed by atoms with Crippen molar-refractivity contribution in [3.8, 4) is 0 Å². The number of ketones is 1. The third-order valence-corrected chi connectivity index (χ3v) is 1.40. The monoisotopic (exact) mass is 109 g/mol. The Morgan fingerprint density at radius 1 is 1.75 bits per heavy atom. The van der Waals surface area contributed by atoms with Crippen molar-refractivity contribution < 1.29 is 4.79 Å². The first-order chi connectivity index (χ1) is 3.80. The molecule has 0 aliphatic heterocycles. The maximum atomic E-state index is 10.5. The molecule has 43 valence electrons. The molecule has 0 saturated heterocycles. The average Bonchev–Trinajstić information content (AvgIpc) is 2.12. The van der Waals surface area contributed by atoms with Gasteiger partial charge in [0.1, 0.15) is 0 Å². The van der Waals surface area contributed by atoms with E-state index in [0.29, 0.717) is 0 Å². The predicted octanol–water partition coefficient (Wildman–Crippen LogP) is 1.50. The van der Waals surface area contributed by atoms with Crippen molar-refractivity contribution in [3.63, 3.8) is 0 Å². The molecule has 1 heteroatoms. The molecule has 0 heterocycles. The zero-order chi connectivity index (χ0) is 5.98. The van der Waals surface area contributed by atoms with Gasteiger partial charge in [-0.25, -0.2) is 0 Å². The van der Waals surface area contributed by atoms with Gasteiger partial charge in [0.05, 0.1) is 0 Å². The largest absolute Gasteiger partial charge is 0.295 e. The summed E-state index contributed by atoms with van der Waals surface area (Å²) < 4.78 is 0. The fraction of sp³-hybridized carbons (Fsp3) is 0.429. The van der Waals surface area contributed by atoms with Gasteiger partial charge in [-0.3, -0.25) is 4.79 Å². The second-order valence-corrected chi connectivity index (χ2v) is 2.04. The molecule has 0 bridgehead atoms. The van der Waals surface area contributed by atoms with Crippen LogP contribution in [0.15, 0.2) is 11.6 Å². The van der Waals surface area contributed by atoms with Gasteiger partial charge in [-0.05, 0) is 24.8 Å². The third-order valence-electron chi connectivity index (χ3n) is 1.40. The van der Waals surface area contributed by atoms with E-state index in [1.165, 1.54) is 0 Å². The molecule has 0 saturated carbocycles. The topological polar surface area (TPSA) is 17.1 Å². The smallest absolute Gasteiger partial charge is 0.158 e. The average molecular weight is 109 g/mol. The van der Waals surface area contributed by atoms with E-state index in [9.17, 15) is 4.79 Å². The van der Waals surface area contributed by atoms with Crippen molar-refractivity contribution >= 4 is 5.78 Å². The van der Waals surface area contributed by atoms with Gasteiger partial charge in [-0.2, -0.15) is 0 Å². The van der Waals surface area contributed by atoms with Crippen LogP contribution >= 0.6 is 0 Å². The molecule has 0 aromatic rings. The quantitative estimate of drug-likeness (QED) is 0.498. The van der Waals surface area contributed by atoms with Crippen LogP contribution in [0.4, 0.5) is 0 Å². The number of Topliss-reactive ketones (excluding diaryl/α,β-unsaturated/α-hetero) is 1. The molecule has 0 N–H and O–H groups in total.